The van der Waals surface area contributed by atoms with Crippen molar-refractivity contribution in [3.63, 3.8) is 0 Å². The Bertz CT molecular complexity index is 616. The molecule has 1 aliphatic heterocycles. The molecule has 0 fully saturated rings. The first kappa shape index (κ1) is 11.9. The minimum absolute atomic E-state index is 0.00114. The molecular weight excluding hydrogens is 280 g/mol. The number of nitrogens with zero attached hydrogens (tertiary/aromatic N) is 3. The first-order valence-electron chi connectivity index (χ1n) is 5.31. The molecule has 3 rings (SSSR count). The van der Waals surface area contributed by atoms with E-state index in [4.69, 9.17) is 11.6 Å². The lowest BCUT2D eigenvalue weighted by atomic mass is 10.0. The Morgan fingerprint density at radius 3 is 3.00 bits per heavy atom. The molecule has 0 aliphatic carbocycles. The number of benzene rings is 1. The van der Waals surface area contributed by atoms with Crippen LogP contribution in [0.25, 0.3) is 0 Å². The van der Waals surface area contributed by atoms with E-state index in [1.165, 1.54) is 10.7 Å². The van der Waals surface area contributed by atoms with E-state index in [0.717, 1.165) is 0 Å². The van der Waals surface area contributed by atoms with Crippen molar-refractivity contribution in [2.24, 2.45) is 0 Å². The summed E-state index contributed by atoms with van der Waals surface area (Å²) in [6.07, 6.45) is -1.07. The molecule has 0 saturated heterocycles. The lowest BCUT2D eigenvalue weighted by Gasteiger charge is -2.13. The highest BCUT2D eigenvalue weighted by atomic mass is 35.5. The highest BCUT2D eigenvalue weighted by molar-refractivity contribution is 7.80. The molecule has 0 amide bonds. The largest absolute Gasteiger partial charge is 0.239 e. The summed E-state index contributed by atoms with van der Waals surface area (Å²) in [7, 11) is 0. The summed E-state index contributed by atoms with van der Waals surface area (Å²) in [5.74, 6) is -0.311. The Labute approximate surface area is 112 Å². The Hall–Kier alpha value is -1.14. The normalized spacial score (nSPS) is 22.2. The van der Waals surface area contributed by atoms with Gasteiger partial charge in [-0.05, 0) is 11.6 Å². The second-order valence-corrected chi connectivity index (χ2v) is 4.85. The minimum Gasteiger partial charge on any atom is -0.239 e. The molecule has 1 aromatic heterocycles. The third-order valence-corrected chi connectivity index (χ3v) is 3.58. The van der Waals surface area contributed by atoms with Crippen LogP contribution in [0.5, 0.6) is 0 Å². The highest BCUT2D eigenvalue weighted by Crippen LogP contribution is 2.42. The van der Waals surface area contributed by atoms with Gasteiger partial charge >= 0.3 is 0 Å². The van der Waals surface area contributed by atoms with E-state index in [1.54, 1.807) is 12.1 Å². The molecule has 18 heavy (non-hydrogen) atoms. The van der Waals surface area contributed by atoms with Gasteiger partial charge in [-0.25, -0.2) is 18.4 Å². The molecule has 2 heterocycles. The van der Waals surface area contributed by atoms with Crippen molar-refractivity contribution in [3.05, 3.63) is 40.4 Å². The molecule has 0 spiro atoms. The van der Waals surface area contributed by atoms with Crippen LogP contribution in [-0.2, 0) is 0 Å². The van der Waals surface area contributed by atoms with Crippen LogP contribution in [0.1, 0.15) is 30.0 Å². The van der Waals surface area contributed by atoms with E-state index in [2.05, 4.69) is 22.7 Å². The van der Waals surface area contributed by atoms with Crippen LogP contribution >= 0.6 is 24.2 Å². The molecule has 0 saturated carbocycles. The SMILES string of the molecule is Fc1cccc([C@@H]2C[C@H](F)c3nc(S)nn32)c1Cl. The maximum absolute atomic E-state index is 13.8. The number of rotatable bonds is 1. The topological polar surface area (TPSA) is 30.7 Å². The lowest BCUT2D eigenvalue weighted by molar-refractivity contribution is 0.327. The van der Waals surface area contributed by atoms with Crippen molar-refractivity contribution in [1.29, 1.82) is 0 Å². The number of hydrogen-bond acceptors (Lipinski definition) is 3. The number of alkyl halides is 1. The molecular formula is C11H8ClF2N3S. The van der Waals surface area contributed by atoms with Crippen molar-refractivity contribution in [3.8, 4) is 0 Å². The third kappa shape index (κ3) is 1.71. The van der Waals surface area contributed by atoms with Gasteiger partial charge in [-0.15, -0.1) is 17.7 Å². The van der Waals surface area contributed by atoms with Crippen LogP contribution in [0, 0.1) is 5.82 Å². The average molecular weight is 288 g/mol. The lowest BCUT2D eigenvalue weighted by Crippen LogP contribution is -2.08. The van der Waals surface area contributed by atoms with Crippen LogP contribution in [0.3, 0.4) is 0 Å². The monoisotopic (exact) mass is 287 g/mol. The van der Waals surface area contributed by atoms with Gasteiger partial charge in [-0.3, -0.25) is 0 Å². The second-order valence-electron chi connectivity index (χ2n) is 4.08. The van der Waals surface area contributed by atoms with E-state index < -0.39 is 18.0 Å². The van der Waals surface area contributed by atoms with Gasteiger partial charge in [0.15, 0.2) is 12.0 Å². The van der Waals surface area contributed by atoms with Crippen LogP contribution in [-0.4, -0.2) is 14.8 Å². The molecule has 1 aliphatic rings. The minimum atomic E-state index is -1.23. The number of fused-ring (bicyclic) bond motifs is 1. The molecule has 7 heteroatoms. The van der Waals surface area contributed by atoms with E-state index in [0.29, 0.717) is 5.56 Å². The van der Waals surface area contributed by atoms with Crippen molar-refractivity contribution in [2.45, 2.75) is 23.8 Å². The van der Waals surface area contributed by atoms with Crippen LogP contribution in [0.2, 0.25) is 5.02 Å². The molecule has 2 aromatic rings. The first-order chi connectivity index (χ1) is 8.58. The van der Waals surface area contributed by atoms with Gasteiger partial charge in [0.1, 0.15) is 5.82 Å². The van der Waals surface area contributed by atoms with E-state index in [-0.39, 0.29) is 22.4 Å². The molecule has 2 atom stereocenters. The number of hydrogen-bond donors (Lipinski definition) is 1. The van der Waals surface area contributed by atoms with Crippen LogP contribution < -0.4 is 0 Å². The Balaban J connectivity index is 2.11. The van der Waals surface area contributed by atoms with Gasteiger partial charge in [0.2, 0.25) is 5.16 Å². The van der Waals surface area contributed by atoms with Crippen molar-refractivity contribution in [2.75, 3.05) is 0 Å². The molecule has 0 N–H and O–H groups in total. The summed E-state index contributed by atoms with van der Waals surface area (Å²) in [6, 6.07) is 4.03. The number of thiol groups is 1. The van der Waals surface area contributed by atoms with Crippen LogP contribution in [0.4, 0.5) is 8.78 Å². The van der Waals surface area contributed by atoms with Crippen molar-refractivity contribution < 1.29 is 8.78 Å². The van der Waals surface area contributed by atoms with Gasteiger partial charge in [0.25, 0.3) is 0 Å². The van der Waals surface area contributed by atoms with Gasteiger partial charge in [0, 0.05) is 6.42 Å². The van der Waals surface area contributed by atoms with Gasteiger partial charge in [-0.2, -0.15) is 0 Å². The van der Waals surface area contributed by atoms with Gasteiger partial charge < -0.3 is 0 Å². The molecule has 3 nitrogen and oxygen atoms in total. The number of halogens is 3. The quantitative estimate of drug-likeness (QED) is 0.815. The van der Waals surface area contributed by atoms with Gasteiger partial charge in [-0.1, -0.05) is 23.7 Å². The summed E-state index contributed by atoms with van der Waals surface area (Å²) in [5, 5.41) is 4.22. The maximum Gasteiger partial charge on any atom is 0.205 e. The molecule has 0 radical (unpaired) electrons. The molecule has 94 valence electrons. The van der Waals surface area contributed by atoms with E-state index in [9.17, 15) is 8.78 Å². The van der Waals surface area contributed by atoms with E-state index >= 15 is 0 Å². The zero-order valence-electron chi connectivity index (χ0n) is 9.02. The fourth-order valence-electron chi connectivity index (χ4n) is 2.20. The summed E-state index contributed by atoms with van der Waals surface area (Å²) in [6.45, 7) is 0. The first-order valence-corrected chi connectivity index (χ1v) is 6.14. The third-order valence-electron chi connectivity index (χ3n) is 2.99. The summed E-state index contributed by atoms with van der Waals surface area (Å²) >= 11 is 9.90. The van der Waals surface area contributed by atoms with Gasteiger partial charge in [0.05, 0.1) is 11.1 Å². The molecule has 1 aromatic carbocycles. The highest BCUT2D eigenvalue weighted by Gasteiger charge is 2.36. The standard InChI is InChI=1S/C11H8ClF2N3S/c12-9-5(2-1-3-6(9)13)8-4-7(14)10-15-11(18)16-17(8)10/h1-3,7-8H,4H2,(H,16,18)/t7-,8-/m0/s1. The molecule has 0 bridgehead atoms. The van der Waals surface area contributed by atoms with Crippen molar-refractivity contribution in [1.82, 2.24) is 14.8 Å². The fourth-order valence-corrected chi connectivity index (χ4v) is 2.66. The molecule has 0 unspecified atom stereocenters. The summed E-state index contributed by atoms with van der Waals surface area (Å²) in [4.78, 5) is 3.90. The Morgan fingerprint density at radius 2 is 2.22 bits per heavy atom. The van der Waals surface area contributed by atoms with Crippen molar-refractivity contribution >= 4 is 24.2 Å². The number of aromatic nitrogens is 3. The summed E-state index contributed by atoms with van der Waals surface area (Å²) < 4.78 is 28.7. The average Bonchev–Trinajstić information content (AvgIpc) is 2.83. The fraction of sp³-hybridized carbons (Fsp3) is 0.273. The Morgan fingerprint density at radius 1 is 1.44 bits per heavy atom. The second kappa shape index (κ2) is 4.20. The smallest absolute Gasteiger partial charge is 0.205 e. The predicted molar refractivity (Wildman–Crippen MR) is 65.3 cm³/mol. The predicted octanol–water partition coefficient (Wildman–Crippen LogP) is 3.36. The van der Waals surface area contributed by atoms with Crippen LogP contribution in [0.15, 0.2) is 23.4 Å². The zero-order valence-corrected chi connectivity index (χ0v) is 10.7. The zero-order chi connectivity index (χ0) is 12.9. The van der Waals surface area contributed by atoms with E-state index in [1.807, 2.05) is 0 Å². The summed E-state index contributed by atoms with van der Waals surface area (Å²) in [5.41, 5.74) is 0.510. The maximum atomic E-state index is 13.8. The Kier molecular flexibility index (Phi) is 2.79.